The van der Waals surface area contributed by atoms with Crippen molar-refractivity contribution in [3.63, 3.8) is 0 Å². The van der Waals surface area contributed by atoms with Crippen LogP contribution in [0.3, 0.4) is 0 Å². The number of carbonyl (C=O) groups is 2. The average Bonchev–Trinajstić information content (AvgIpc) is 2.74. The second kappa shape index (κ2) is 9.89. The van der Waals surface area contributed by atoms with E-state index in [0.717, 1.165) is 6.42 Å². The van der Waals surface area contributed by atoms with Crippen molar-refractivity contribution in [1.82, 2.24) is 0 Å². The van der Waals surface area contributed by atoms with Gasteiger partial charge < -0.3 is 15.4 Å². The molecule has 0 saturated carbocycles. The van der Waals surface area contributed by atoms with Crippen LogP contribution in [0, 0.1) is 0 Å². The van der Waals surface area contributed by atoms with Crippen molar-refractivity contribution in [3.8, 4) is 5.75 Å². The van der Waals surface area contributed by atoms with Crippen LogP contribution in [0.2, 0.25) is 0 Å². The summed E-state index contributed by atoms with van der Waals surface area (Å²) in [6.45, 7) is 2.63. The Morgan fingerprint density at radius 3 is 2.34 bits per heavy atom. The normalized spacial score (nSPS) is 10.3. The second-order valence-electron chi connectivity index (χ2n) is 6.31. The standard InChI is InChI=1S/C23H21BrN2O3/c1-2-14-29-21-13-12-16(15-19(21)24)22(27)26-20-11-7-6-10-18(20)23(28)25-17-8-4-3-5-9-17/h3-13,15H,2,14H2,1H3,(H,25,28)(H,26,27). The minimum absolute atomic E-state index is 0.295. The molecule has 5 nitrogen and oxygen atoms in total. The lowest BCUT2D eigenvalue weighted by Crippen LogP contribution is -2.18. The number of hydrogen-bond acceptors (Lipinski definition) is 3. The van der Waals surface area contributed by atoms with Crippen LogP contribution in [-0.4, -0.2) is 18.4 Å². The Morgan fingerprint density at radius 1 is 0.897 bits per heavy atom. The molecule has 0 fully saturated rings. The largest absolute Gasteiger partial charge is 0.492 e. The maximum atomic E-state index is 12.7. The number of anilines is 2. The van der Waals surface area contributed by atoms with Crippen LogP contribution < -0.4 is 15.4 Å². The SMILES string of the molecule is CCCOc1ccc(C(=O)Nc2ccccc2C(=O)Nc2ccccc2)cc1Br. The Kier molecular flexibility index (Phi) is 7.03. The summed E-state index contributed by atoms with van der Waals surface area (Å²) in [5.74, 6) is 0.0790. The number of rotatable bonds is 7. The number of amides is 2. The molecule has 0 atom stereocenters. The highest BCUT2D eigenvalue weighted by Crippen LogP contribution is 2.27. The van der Waals surface area contributed by atoms with Crippen LogP contribution in [0.1, 0.15) is 34.1 Å². The maximum Gasteiger partial charge on any atom is 0.257 e. The van der Waals surface area contributed by atoms with E-state index in [-0.39, 0.29) is 11.8 Å². The summed E-state index contributed by atoms with van der Waals surface area (Å²) in [5, 5.41) is 5.66. The molecular formula is C23H21BrN2O3. The van der Waals surface area contributed by atoms with Gasteiger partial charge in [-0.25, -0.2) is 0 Å². The van der Waals surface area contributed by atoms with E-state index in [1.54, 1.807) is 54.6 Å². The molecule has 0 unspecified atom stereocenters. The Labute approximate surface area is 178 Å². The molecule has 2 N–H and O–H groups in total. The van der Waals surface area contributed by atoms with E-state index in [0.29, 0.717) is 39.3 Å². The average molecular weight is 453 g/mol. The Morgan fingerprint density at radius 2 is 1.62 bits per heavy atom. The molecule has 3 rings (SSSR count). The number of ether oxygens (including phenoxy) is 1. The molecule has 0 aliphatic carbocycles. The summed E-state index contributed by atoms with van der Waals surface area (Å²) in [5.41, 5.74) is 1.96. The van der Waals surface area contributed by atoms with Crippen molar-refractivity contribution in [2.24, 2.45) is 0 Å². The lowest BCUT2D eigenvalue weighted by atomic mass is 10.1. The van der Waals surface area contributed by atoms with Crippen LogP contribution in [0.25, 0.3) is 0 Å². The van der Waals surface area contributed by atoms with E-state index < -0.39 is 0 Å². The number of halogens is 1. The summed E-state index contributed by atoms with van der Waals surface area (Å²) in [6.07, 6.45) is 0.899. The molecule has 0 saturated heterocycles. The van der Waals surface area contributed by atoms with Crippen LogP contribution in [-0.2, 0) is 0 Å². The summed E-state index contributed by atoms with van der Waals surface area (Å²) in [4.78, 5) is 25.4. The number of carbonyl (C=O) groups excluding carboxylic acids is 2. The van der Waals surface area contributed by atoms with Gasteiger partial charge in [-0.1, -0.05) is 37.3 Å². The Bertz CT molecular complexity index is 1010. The van der Waals surface area contributed by atoms with Gasteiger partial charge in [-0.05, 0) is 64.8 Å². The van der Waals surface area contributed by atoms with Crippen molar-refractivity contribution >= 4 is 39.1 Å². The van der Waals surface area contributed by atoms with Crippen molar-refractivity contribution in [1.29, 1.82) is 0 Å². The molecule has 0 radical (unpaired) electrons. The molecule has 0 heterocycles. The molecule has 3 aromatic rings. The van der Waals surface area contributed by atoms with E-state index in [2.05, 4.69) is 26.6 Å². The third-order valence-corrected chi connectivity index (χ3v) is 4.73. The number of nitrogens with one attached hydrogen (secondary N) is 2. The van der Waals surface area contributed by atoms with E-state index >= 15 is 0 Å². The zero-order chi connectivity index (χ0) is 20.6. The summed E-state index contributed by atoms with van der Waals surface area (Å²) in [7, 11) is 0. The molecule has 0 spiro atoms. The molecule has 0 aromatic heterocycles. The van der Waals surface area contributed by atoms with Crippen LogP contribution in [0.15, 0.2) is 77.3 Å². The van der Waals surface area contributed by atoms with Gasteiger partial charge in [0.15, 0.2) is 0 Å². The first kappa shape index (κ1) is 20.6. The fraction of sp³-hybridized carbons (Fsp3) is 0.130. The van der Waals surface area contributed by atoms with Crippen molar-refractivity contribution in [2.75, 3.05) is 17.2 Å². The van der Waals surface area contributed by atoms with E-state index in [1.165, 1.54) is 0 Å². The highest BCUT2D eigenvalue weighted by atomic mass is 79.9. The molecule has 0 aliphatic rings. The fourth-order valence-electron chi connectivity index (χ4n) is 2.68. The zero-order valence-corrected chi connectivity index (χ0v) is 17.5. The van der Waals surface area contributed by atoms with Crippen molar-refractivity contribution in [3.05, 3.63) is 88.4 Å². The van der Waals surface area contributed by atoms with E-state index in [1.807, 2.05) is 25.1 Å². The monoisotopic (exact) mass is 452 g/mol. The first-order valence-electron chi connectivity index (χ1n) is 9.27. The molecule has 0 aliphatic heterocycles. The minimum Gasteiger partial charge on any atom is -0.492 e. The quantitative estimate of drug-likeness (QED) is 0.479. The minimum atomic E-state index is -0.312. The number of hydrogen-bond donors (Lipinski definition) is 2. The summed E-state index contributed by atoms with van der Waals surface area (Å²) >= 11 is 3.44. The third kappa shape index (κ3) is 5.45. The molecule has 2 amide bonds. The van der Waals surface area contributed by atoms with Gasteiger partial charge in [0.25, 0.3) is 11.8 Å². The van der Waals surface area contributed by atoms with E-state index in [4.69, 9.17) is 4.74 Å². The Hall–Kier alpha value is -3.12. The molecule has 0 bridgehead atoms. The van der Waals surface area contributed by atoms with Crippen molar-refractivity contribution < 1.29 is 14.3 Å². The van der Waals surface area contributed by atoms with E-state index in [9.17, 15) is 9.59 Å². The predicted octanol–water partition coefficient (Wildman–Crippen LogP) is 5.74. The molecule has 148 valence electrons. The van der Waals surface area contributed by atoms with Gasteiger partial charge >= 0.3 is 0 Å². The van der Waals surface area contributed by atoms with Gasteiger partial charge in [0, 0.05) is 11.3 Å². The highest BCUT2D eigenvalue weighted by Gasteiger charge is 2.15. The maximum absolute atomic E-state index is 12.7. The van der Waals surface area contributed by atoms with Crippen LogP contribution in [0.4, 0.5) is 11.4 Å². The van der Waals surface area contributed by atoms with Crippen molar-refractivity contribution in [2.45, 2.75) is 13.3 Å². The summed E-state index contributed by atoms with van der Waals surface area (Å²) in [6, 6.07) is 21.2. The third-order valence-electron chi connectivity index (χ3n) is 4.11. The topological polar surface area (TPSA) is 67.4 Å². The van der Waals surface area contributed by atoms with Gasteiger partial charge in [0.1, 0.15) is 5.75 Å². The van der Waals surface area contributed by atoms with Gasteiger partial charge in [0.05, 0.1) is 22.3 Å². The van der Waals surface area contributed by atoms with Gasteiger partial charge in [-0.2, -0.15) is 0 Å². The smallest absolute Gasteiger partial charge is 0.257 e. The number of para-hydroxylation sites is 2. The first-order chi connectivity index (χ1) is 14.1. The van der Waals surface area contributed by atoms with Gasteiger partial charge in [0.2, 0.25) is 0 Å². The Balaban J connectivity index is 1.76. The molecule has 6 heteroatoms. The summed E-state index contributed by atoms with van der Waals surface area (Å²) < 4.78 is 6.32. The fourth-order valence-corrected chi connectivity index (χ4v) is 3.17. The molecule has 29 heavy (non-hydrogen) atoms. The molecular weight excluding hydrogens is 432 g/mol. The lowest BCUT2D eigenvalue weighted by Gasteiger charge is -2.12. The van der Waals surface area contributed by atoms with Gasteiger partial charge in [-0.3, -0.25) is 9.59 Å². The van der Waals surface area contributed by atoms with Crippen LogP contribution >= 0.6 is 15.9 Å². The first-order valence-corrected chi connectivity index (χ1v) is 10.1. The zero-order valence-electron chi connectivity index (χ0n) is 15.9. The second-order valence-corrected chi connectivity index (χ2v) is 7.17. The van der Waals surface area contributed by atoms with Gasteiger partial charge in [-0.15, -0.1) is 0 Å². The highest BCUT2D eigenvalue weighted by molar-refractivity contribution is 9.10. The molecule has 3 aromatic carbocycles. The van der Waals surface area contributed by atoms with Crippen LogP contribution in [0.5, 0.6) is 5.75 Å². The predicted molar refractivity (Wildman–Crippen MR) is 119 cm³/mol. The lowest BCUT2D eigenvalue weighted by molar-refractivity contribution is 0.102. The number of benzene rings is 3.